The molecule has 10 nitrogen and oxygen atoms in total. The molecule has 0 saturated heterocycles. The van der Waals surface area contributed by atoms with Crippen LogP contribution in [0.3, 0.4) is 0 Å². The van der Waals surface area contributed by atoms with Gasteiger partial charge < -0.3 is 27.9 Å². The first kappa shape index (κ1) is 82.5. The fourth-order valence-corrected chi connectivity index (χ4v) is 19.4. The molecule has 0 aliphatic heterocycles. The molecule has 19 aromatic rings. The number of aryl methyl sites for hydroxylation is 8. The standard InChI is InChI=1S/C35H28N3O.C32H22N3O.C21H21FNSi.C18H23FNSi.2Ir/c1-20-16-23(4)31(24(5)17-20)25-18-28-26-12-9-13-27(33(26)39-35(28)36-19-25)34-37-29-14-6-7-15-30(29)38(34)32-21(2)10-8-11-22(32)3;1-20-10-8-11-21(2)29(20)27-19-18-24-23-14-9-15-25(30(23)36-32(24)34-27)31-33-26-16-6-7-17-28(26)35(31)22-12-4-3-5-13-22;1-15-12-20(23-14-21(15)24(2,3)4)17-10-11-19(22)18(13-17)16-8-6-5-7-9-16;1-13(2)10-15-11-17(14-6-8-16(19)9-7-14)20-12-18(15)21(3,4)5;;/h6-12,14-19H,1-5H3;3-14,16-19H,1-2H3;5-9,11-14H,1-4H3;6,8-9,11-13H,10H2,1-5H3;;/q4*-1;;/i;;1D3;;;. The van der Waals surface area contributed by atoms with E-state index in [0.29, 0.717) is 39.7 Å². The van der Waals surface area contributed by atoms with Gasteiger partial charge in [0, 0.05) is 108 Å². The molecule has 2 radical (unpaired) electrons. The molecule has 0 aliphatic rings. The SMILES string of the molecule is CC(C)Cc1cc(-c2[c-]cc(F)cc2)ncc1[Si](C)(C)C.Cc1cc(C)c(-c2cnc3oc4c(-c5nc6ccccc6n5-c5c(C)cccc5C)[c-]ccc4c3c2)c(C)c1.Cc1cccc(C)c1-c1ccc2c(n1)oc1c(-c3nc4ccccc4n3-c3ccccc3)[c-]ccc12.[2H]C([2H])([2H])c1cc(-c2[c-]cc(F)c(-c3ccccc3)c2)ncc1[Si](C)(C)C.[Ir].[Ir]. The second kappa shape index (κ2) is 36.1. The van der Waals surface area contributed by atoms with Crippen molar-refractivity contribution < 1.29 is 61.9 Å². The molecule has 0 atom stereocenters. The molecular weight excluding hydrogens is 1900 g/mol. The molecule has 0 N–H and O–H groups in total. The third-order valence-corrected chi connectivity index (χ3v) is 26.1. The number of nitrogens with zero attached hydrogens (tertiary/aromatic N) is 8. The summed E-state index contributed by atoms with van der Waals surface area (Å²) in [7, 11) is -3.29. The number of aromatic nitrogens is 8. The van der Waals surface area contributed by atoms with E-state index in [-0.39, 0.29) is 51.8 Å². The number of benzene rings is 11. The van der Waals surface area contributed by atoms with Crippen LogP contribution < -0.4 is 10.4 Å². The van der Waals surface area contributed by atoms with Crippen molar-refractivity contribution in [2.45, 2.75) is 115 Å². The Hall–Kier alpha value is -11.8. The van der Waals surface area contributed by atoms with E-state index in [9.17, 15) is 8.78 Å². The number of hydrogen-bond acceptors (Lipinski definition) is 8. The molecule has 19 rings (SSSR count). The van der Waals surface area contributed by atoms with E-state index in [1.54, 1.807) is 24.4 Å². The fraction of sp³-hybridized carbons (Fsp3) is 0.170. The summed E-state index contributed by atoms with van der Waals surface area (Å²) in [5.74, 6) is 1.57. The van der Waals surface area contributed by atoms with Crippen LogP contribution in [0.5, 0.6) is 0 Å². The predicted octanol–water partition coefficient (Wildman–Crippen LogP) is 26.7. The first-order valence-electron chi connectivity index (χ1n) is 42.1. The van der Waals surface area contributed by atoms with E-state index < -0.39 is 23.0 Å². The van der Waals surface area contributed by atoms with Crippen LogP contribution >= 0.6 is 0 Å². The number of pyridine rings is 4. The zero-order chi connectivity index (χ0) is 86.5. The number of hydrogen-bond donors (Lipinski definition) is 0. The van der Waals surface area contributed by atoms with Crippen LogP contribution in [0.1, 0.15) is 68.0 Å². The van der Waals surface area contributed by atoms with Gasteiger partial charge in [0.25, 0.3) is 0 Å². The quantitative estimate of drug-likeness (QED) is 0.0828. The Morgan fingerprint density at radius 1 is 0.434 bits per heavy atom. The van der Waals surface area contributed by atoms with Gasteiger partial charge in [-0.1, -0.05) is 231 Å². The Kier molecular flexibility index (Phi) is 24.4. The van der Waals surface area contributed by atoms with E-state index >= 15 is 0 Å². The average Bonchev–Trinajstić information content (AvgIpc) is 1.60. The first-order chi connectivity index (χ1) is 58.9. The van der Waals surface area contributed by atoms with Gasteiger partial charge in [-0.2, -0.15) is 0 Å². The largest absolute Gasteiger partial charge is 0.486 e. The van der Waals surface area contributed by atoms with Crippen LogP contribution in [0, 0.1) is 97.1 Å². The molecule has 0 spiro atoms. The Balaban J connectivity index is 0.000000138. The van der Waals surface area contributed by atoms with Crippen LogP contribution in [-0.2, 0) is 46.6 Å². The molecule has 0 aliphatic carbocycles. The van der Waals surface area contributed by atoms with Crippen LogP contribution in [0.25, 0.3) is 156 Å². The second-order valence-corrected chi connectivity index (χ2v) is 43.6. The van der Waals surface area contributed by atoms with Gasteiger partial charge in [-0.05, 0) is 189 Å². The Labute approximate surface area is 746 Å². The average molecular weight is 1990 g/mol. The molecule has 0 amide bonds. The summed E-state index contributed by atoms with van der Waals surface area (Å²) in [6.07, 6.45) is 6.67. The summed E-state index contributed by atoms with van der Waals surface area (Å²) in [6.45, 7) is 30.6. The molecule has 8 aromatic heterocycles. The van der Waals surface area contributed by atoms with Crippen molar-refractivity contribution in [3.63, 3.8) is 0 Å². The molecule has 11 aromatic carbocycles. The van der Waals surface area contributed by atoms with Crippen molar-refractivity contribution in [2.24, 2.45) is 5.92 Å². The molecule has 0 saturated carbocycles. The van der Waals surface area contributed by atoms with E-state index in [2.05, 4.69) is 260 Å². The molecular formula is C106H94F2Ir2N8O2Si2-4. The van der Waals surface area contributed by atoms with Gasteiger partial charge >= 0.3 is 0 Å². The van der Waals surface area contributed by atoms with Gasteiger partial charge in [0.15, 0.2) is 0 Å². The van der Waals surface area contributed by atoms with Crippen molar-refractivity contribution in [3.8, 4) is 90.2 Å². The number of imidazole rings is 2. The number of fused-ring (bicyclic) bond motifs is 8. The number of halogens is 2. The van der Waals surface area contributed by atoms with E-state index in [4.69, 9.17) is 32.9 Å². The molecule has 0 bridgehead atoms. The Morgan fingerprint density at radius 2 is 0.984 bits per heavy atom. The Morgan fingerprint density at radius 3 is 1.58 bits per heavy atom. The van der Waals surface area contributed by atoms with Crippen LogP contribution in [0.15, 0.2) is 270 Å². The van der Waals surface area contributed by atoms with Crippen molar-refractivity contribution in [1.29, 1.82) is 0 Å². The maximum atomic E-state index is 14.3. The van der Waals surface area contributed by atoms with Crippen LogP contribution in [-0.4, -0.2) is 55.2 Å². The zero-order valence-electron chi connectivity index (χ0n) is 73.9. The van der Waals surface area contributed by atoms with E-state index in [0.717, 1.165) is 134 Å². The van der Waals surface area contributed by atoms with Gasteiger partial charge in [-0.15, -0.1) is 90.0 Å². The zero-order valence-corrected chi connectivity index (χ0v) is 77.7. The summed E-state index contributed by atoms with van der Waals surface area (Å²) < 4.78 is 68.5. The minimum absolute atomic E-state index is 0. The summed E-state index contributed by atoms with van der Waals surface area (Å²) in [5, 5.41) is 6.23. The molecule has 122 heavy (non-hydrogen) atoms. The topological polar surface area (TPSA) is 113 Å². The molecule has 0 fully saturated rings. The number of para-hydroxylation sites is 6. The van der Waals surface area contributed by atoms with Crippen LogP contribution in [0.2, 0.25) is 39.3 Å². The first-order valence-corrected chi connectivity index (χ1v) is 47.6. The Bertz CT molecular complexity index is 7150. The normalized spacial score (nSPS) is 12.0. The van der Waals surface area contributed by atoms with Gasteiger partial charge in [0.05, 0.1) is 66.7 Å². The van der Waals surface area contributed by atoms with Gasteiger partial charge in [-0.3, -0.25) is 18.7 Å². The van der Waals surface area contributed by atoms with Crippen molar-refractivity contribution in [1.82, 2.24) is 39.0 Å². The van der Waals surface area contributed by atoms with Crippen molar-refractivity contribution in [2.75, 3.05) is 0 Å². The fourth-order valence-electron chi connectivity index (χ4n) is 16.5. The predicted molar refractivity (Wildman–Crippen MR) is 496 cm³/mol. The molecule has 614 valence electrons. The summed E-state index contributed by atoms with van der Waals surface area (Å²) in [5.41, 5.74) is 29.1. The molecule has 16 heteroatoms. The smallest absolute Gasteiger partial charge is 0.216 e. The van der Waals surface area contributed by atoms with Crippen molar-refractivity contribution in [3.05, 3.63) is 347 Å². The number of rotatable bonds is 13. The van der Waals surface area contributed by atoms with Crippen molar-refractivity contribution >= 4 is 92.7 Å². The second-order valence-electron chi connectivity index (χ2n) is 33.5. The third kappa shape index (κ3) is 17.7. The third-order valence-electron chi connectivity index (χ3n) is 22.0. The van der Waals surface area contributed by atoms with E-state index in [1.807, 2.05) is 103 Å². The summed E-state index contributed by atoms with van der Waals surface area (Å²) in [4.78, 5) is 28.9. The minimum atomic E-state index is -2.23. The van der Waals surface area contributed by atoms with Gasteiger partial charge in [-0.25, -0.2) is 9.97 Å². The van der Waals surface area contributed by atoms with E-state index in [1.165, 1.54) is 73.5 Å². The molecule has 8 heterocycles. The maximum absolute atomic E-state index is 14.3. The summed E-state index contributed by atoms with van der Waals surface area (Å²) in [6, 6.07) is 91.6. The minimum Gasteiger partial charge on any atom is -0.486 e. The monoisotopic (exact) mass is 1990 g/mol. The molecule has 0 unspecified atom stereocenters. The van der Waals surface area contributed by atoms with Crippen LogP contribution in [0.4, 0.5) is 8.78 Å². The number of furan rings is 2. The van der Waals surface area contributed by atoms with Gasteiger partial charge in [0.2, 0.25) is 11.4 Å². The summed E-state index contributed by atoms with van der Waals surface area (Å²) >= 11 is 0. The van der Waals surface area contributed by atoms with Gasteiger partial charge in [0.1, 0.15) is 0 Å². The maximum Gasteiger partial charge on any atom is 0.216 e.